The molecule has 6 heteroatoms. The second-order valence-corrected chi connectivity index (χ2v) is 7.46. The first-order valence-electron chi connectivity index (χ1n) is 10.0. The first kappa shape index (κ1) is 21.1. The summed E-state index contributed by atoms with van der Waals surface area (Å²) in [6, 6.07) is 6.70. The molecule has 0 atom stereocenters. The minimum atomic E-state index is -2.65. The van der Waals surface area contributed by atoms with E-state index in [9.17, 15) is 13.7 Å². The third-order valence-corrected chi connectivity index (χ3v) is 5.90. The van der Waals surface area contributed by atoms with Crippen molar-refractivity contribution in [3.05, 3.63) is 69.2 Å². The molecule has 0 unspecified atom stereocenters. The summed E-state index contributed by atoms with van der Waals surface area (Å²) in [7, 11) is -2.65. The van der Waals surface area contributed by atoms with Gasteiger partial charge in [-0.1, -0.05) is 26.0 Å². The second kappa shape index (κ2) is 8.01. The standard InChI is InChI=1S/C23H27BF2N2O/c1-7-19-13(3)22(27-15(19)5)21(17-9-11-18(29)12-10-17)23-14(4)20(8-2)16(6)28(23)24(25)26/h9-12,29H,7-8H2,1-6H3/b22-21-. The molecule has 2 aromatic rings. The zero-order valence-corrected chi connectivity index (χ0v) is 17.9. The van der Waals surface area contributed by atoms with Gasteiger partial charge in [-0.25, -0.2) is 0 Å². The van der Waals surface area contributed by atoms with Gasteiger partial charge in [-0.05, 0) is 80.5 Å². The number of allylic oxidation sites excluding steroid dienone is 2. The van der Waals surface area contributed by atoms with Crippen LogP contribution >= 0.6 is 0 Å². The van der Waals surface area contributed by atoms with E-state index in [4.69, 9.17) is 4.99 Å². The highest BCUT2D eigenvalue weighted by Gasteiger charge is 2.32. The minimum Gasteiger partial charge on any atom is -0.508 e. The van der Waals surface area contributed by atoms with Crippen molar-refractivity contribution < 1.29 is 13.7 Å². The molecule has 1 aliphatic heterocycles. The predicted octanol–water partition coefficient (Wildman–Crippen LogP) is 6.11. The SMILES string of the molecule is CCC1=C(C)/C(=C(\c2ccc(O)cc2)c2c(C)c(CC)c(C)n2B(F)F)N=C1C. The number of hydrogen-bond acceptors (Lipinski definition) is 2. The van der Waals surface area contributed by atoms with Gasteiger partial charge < -0.3 is 9.58 Å². The number of aliphatic imine (C=N–C) groups is 1. The first-order chi connectivity index (χ1) is 13.7. The highest BCUT2D eigenvalue weighted by atomic mass is 19.2. The van der Waals surface area contributed by atoms with E-state index in [1.54, 1.807) is 31.2 Å². The Morgan fingerprint density at radius 1 is 1.03 bits per heavy atom. The fraction of sp³-hybridized carbons (Fsp3) is 0.348. The lowest BCUT2D eigenvalue weighted by Gasteiger charge is -2.17. The summed E-state index contributed by atoms with van der Waals surface area (Å²) in [5, 5.41) is 9.75. The van der Waals surface area contributed by atoms with Crippen molar-refractivity contribution in [2.45, 2.75) is 54.4 Å². The van der Waals surface area contributed by atoms with Gasteiger partial charge >= 0.3 is 7.40 Å². The summed E-state index contributed by atoms with van der Waals surface area (Å²) in [5.74, 6) is 0.136. The van der Waals surface area contributed by atoms with Crippen LogP contribution in [0.25, 0.3) is 5.57 Å². The summed E-state index contributed by atoms with van der Waals surface area (Å²) >= 11 is 0. The molecule has 3 nitrogen and oxygen atoms in total. The van der Waals surface area contributed by atoms with Gasteiger partial charge in [-0.2, -0.15) is 0 Å². The number of aromatic hydroxyl groups is 1. The number of halogens is 2. The molecule has 0 saturated heterocycles. The van der Waals surface area contributed by atoms with Crippen molar-refractivity contribution in [2.24, 2.45) is 4.99 Å². The van der Waals surface area contributed by atoms with Gasteiger partial charge in [0.25, 0.3) is 0 Å². The van der Waals surface area contributed by atoms with Gasteiger partial charge in [-0.15, -0.1) is 0 Å². The second-order valence-electron chi connectivity index (χ2n) is 7.46. The zero-order chi connectivity index (χ0) is 21.5. The lowest BCUT2D eigenvalue weighted by Crippen LogP contribution is -2.18. The summed E-state index contributed by atoms with van der Waals surface area (Å²) in [4.78, 5) is 4.81. The molecule has 152 valence electrons. The number of rotatable bonds is 5. The van der Waals surface area contributed by atoms with E-state index in [2.05, 4.69) is 6.92 Å². The zero-order valence-electron chi connectivity index (χ0n) is 17.9. The highest BCUT2D eigenvalue weighted by molar-refractivity contribution is 6.41. The molecule has 0 radical (unpaired) electrons. The van der Waals surface area contributed by atoms with Crippen LogP contribution in [-0.4, -0.2) is 22.7 Å². The molecule has 3 rings (SSSR count). The highest BCUT2D eigenvalue weighted by Crippen LogP contribution is 2.40. The number of phenols is 1. The molecular weight excluding hydrogens is 369 g/mol. The monoisotopic (exact) mass is 396 g/mol. The molecule has 0 saturated carbocycles. The Morgan fingerprint density at radius 3 is 2.14 bits per heavy atom. The number of nitrogens with zero attached hydrogens (tertiary/aromatic N) is 2. The number of hydrogen-bond donors (Lipinski definition) is 1. The van der Waals surface area contributed by atoms with E-state index in [1.807, 2.05) is 27.7 Å². The van der Waals surface area contributed by atoms with Gasteiger partial charge in [-0.3, -0.25) is 13.6 Å². The number of phenolic OH excluding ortho intramolecular Hbond substituents is 1. The van der Waals surface area contributed by atoms with Crippen molar-refractivity contribution in [1.82, 2.24) is 4.48 Å². The van der Waals surface area contributed by atoms with E-state index in [0.29, 0.717) is 23.4 Å². The molecule has 1 aromatic carbocycles. The van der Waals surface area contributed by atoms with Gasteiger partial charge in [0, 0.05) is 22.7 Å². The normalized spacial score (nSPS) is 15.8. The average Bonchev–Trinajstić information content (AvgIpc) is 3.09. The maximum Gasteiger partial charge on any atom is 0.677 e. The molecule has 0 amide bonds. The molecule has 0 fully saturated rings. The molecule has 0 aliphatic carbocycles. The summed E-state index contributed by atoms with van der Waals surface area (Å²) in [6.45, 7) is 11.7. The van der Waals surface area contributed by atoms with Crippen molar-refractivity contribution in [3.8, 4) is 5.75 Å². The fourth-order valence-corrected chi connectivity index (χ4v) is 4.49. The maximum atomic E-state index is 14.2. The number of aromatic nitrogens is 1. The quantitative estimate of drug-likeness (QED) is 0.609. The molecule has 1 aromatic heterocycles. The topological polar surface area (TPSA) is 37.5 Å². The van der Waals surface area contributed by atoms with E-state index < -0.39 is 7.40 Å². The van der Waals surface area contributed by atoms with Crippen LogP contribution in [0.4, 0.5) is 8.63 Å². The lowest BCUT2D eigenvalue weighted by atomic mass is 9.92. The van der Waals surface area contributed by atoms with Gasteiger partial charge in [0.15, 0.2) is 0 Å². The Labute approximate surface area is 171 Å². The number of benzene rings is 1. The van der Waals surface area contributed by atoms with E-state index in [-0.39, 0.29) is 5.75 Å². The maximum absolute atomic E-state index is 14.2. The van der Waals surface area contributed by atoms with Crippen molar-refractivity contribution in [3.63, 3.8) is 0 Å². The van der Waals surface area contributed by atoms with Gasteiger partial charge in [0.2, 0.25) is 0 Å². The van der Waals surface area contributed by atoms with Crippen LogP contribution in [0.1, 0.15) is 62.2 Å². The van der Waals surface area contributed by atoms with Gasteiger partial charge in [0.05, 0.1) is 5.70 Å². The summed E-state index contributed by atoms with van der Waals surface area (Å²) < 4.78 is 29.6. The fourth-order valence-electron chi connectivity index (χ4n) is 4.49. The Morgan fingerprint density at radius 2 is 1.66 bits per heavy atom. The molecule has 1 aliphatic rings. The molecule has 2 heterocycles. The van der Waals surface area contributed by atoms with Crippen LogP contribution < -0.4 is 0 Å². The Balaban J connectivity index is 2.47. The Kier molecular flexibility index (Phi) is 5.83. The van der Waals surface area contributed by atoms with Crippen LogP contribution in [0.15, 0.2) is 46.1 Å². The smallest absolute Gasteiger partial charge is 0.508 e. The summed E-state index contributed by atoms with van der Waals surface area (Å²) in [6.07, 6.45) is 1.52. The summed E-state index contributed by atoms with van der Waals surface area (Å²) in [5.41, 5.74) is 8.15. The molecule has 29 heavy (non-hydrogen) atoms. The lowest BCUT2D eigenvalue weighted by molar-refractivity contribution is 0.475. The van der Waals surface area contributed by atoms with Crippen molar-refractivity contribution in [2.75, 3.05) is 0 Å². The van der Waals surface area contributed by atoms with Crippen LogP contribution in [0, 0.1) is 13.8 Å². The van der Waals surface area contributed by atoms with E-state index in [0.717, 1.165) is 50.1 Å². The molecular formula is C23H27BF2N2O. The molecule has 1 N–H and O–H groups in total. The van der Waals surface area contributed by atoms with E-state index >= 15 is 0 Å². The third-order valence-electron chi connectivity index (χ3n) is 5.90. The Hall–Kier alpha value is -2.63. The van der Waals surface area contributed by atoms with Gasteiger partial charge in [0.1, 0.15) is 5.75 Å². The largest absolute Gasteiger partial charge is 0.677 e. The van der Waals surface area contributed by atoms with Crippen LogP contribution in [0.2, 0.25) is 0 Å². The molecule has 0 spiro atoms. The third kappa shape index (κ3) is 3.45. The minimum absolute atomic E-state index is 0.136. The van der Waals surface area contributed by atoms with E-state index in [1.165, 1.54) is 0 Å². The van der Waals surface area contributed by atoms with Crippen LogP contribution in [0.3, 0.4) is 0 Å². The average molecular weight is 396 g/mol. The predicted molar refractivity (Wildman–Crippen MR) is 117 cm³/mol. The van der Waals surface area contributed by atoms with Crippen molar-refractivity contribution in [1.29, 1.82) is 0 Å². The molecule has 0 bridgehead atoms. The Bertz CT molecular complexity index is 1040. The van der Waals surface area contributed by atoms with Crippen molar-refractivity contribution >= 4 is 18.7 Å². The van der Waals surface area contributed by atoms with Crippen LogP contribution in [-0.2, 0) is 6.42 Å². The van der Waals surface area contributed by atoms with Crippen LogP contribution in [0.5, 0.6) is 5.75 Å². The first-order valence-corrected chi connectivity index (χ1v) is 10.0.